The van der Waals surface area contributed by atoms with E-state index in [0.717, 1.165) is 0 Å². The van der Waals surface area contributed by atoms with Gasteiger partial charge in [0.1, 0.15) is 0 Å². The summed E-state index contributed by atoms with van der Waals surface area (Å²) in [4.78, 5) is 0. The molecule has 31 heavy (non-hydrogen) atoms. The molecule has 2 aromatic carbocycles. The Morgan fingerprint density at radius 1 is 0.548 bits per heavy atom. The van der Waals surface area contributed by atoms with Gasteiger partial charge in [-0.05, 0) is 24.0 Å². The Morgan fingerprint density at radius 3 is 1.32 bits per heavy atom. The van der Waals surface area contributed by atoms with Crippen LogP contribution >= 0.6 is 24.1 Å². The lowest BCUT2D eigenvalue weighted by Crippen LogP contribution is -1.97. The van der Waals surface area contributed by atoms with Crippen molar-refractivity contribution < 1.29 is 3.63 Å². The van der Waals surface area contributed by atoms with Gasteiger partial charge < -0.3 is 0 Å². The number of benzene rings is 2. The molecule has 0 aromatic heterocycles. The first-order chi connectivity index (χ1) is 15.3. The van der Waals surface area contributed by atoms with Gasteiger partial charge in [0.25, 0.3) is 0 Å². The van der Waals surface area contributed by atoms with Crippen LogP contribution < -0.4 is 0 Å². The summed E-state index contributed by atoms with van der Waals surface area (Å²) in [6, 6.07) is 21.8. The molecule has 2 aromatic rings. The highest BCUT2D eigenvalue weighted by Crippen LogP contribution is 2.42. The maximum atomic E-state index is 6.26. The quantitative estimate of drug-likeness (QED) is 0.162. The topological polar surface area (TPSA) is 9.23 Å². The van der Waals surface area contributed by atoms with Crippen LogP contribution in [-0.4, -0.2) is 0 Å². The Kier molecular flexibility index (Phi) is 15.0. The highest BCUT2D eigenvalue weighted by atomic mass is 32.2. The van der Waals surface area contributed by atoms with Crippen molar-refractivity contribution in [2.45, 2.75) is 101 Å². The Labute approximate surface area is 200 Å². The molecular weight excluding hydrogens is 416 g/mol. The van der Waals surface area contributed by atoms with Gasteiger partial charge in [-0.25, -0.2) is 3.63 Å². The van der Waals surface area contributed by atoms with Gasteiger partial charge in [-0.1, -0.05) is 139 Å². The first-order valence-electron chi connectivity index (χ1n) is 12.4. The van der Waals surface area contributed by atoms with E-state index in [1.165, 1.54) is 88.2 Å². The molecule has 0 radical (unpaired) electrons. The average molecular weight is 459 g/mol. The van der Waals surface area contributed by atoms with E-state index >= 15 is 0 Å². The molecule has 0 aliphatic carbocycles. The van der Waals surface area contributed by atoms with Gasteiger partial charge in [0, 0.05) is 24.1 Å². The average Bonchev–Trinajstić information content (AvgIpc) is 2.82. The molecule has 0 aliphatic heterocycles. The van der Waals surface area contributed by atoms with E-state index < -0.39 is 0 Å². The van der Waals surface area contributed by atoms with Crippen LogP contribution in [-0.2, 0) is 3.63 Å². The van der Waals surface area contributed by atoms with E-state index in [0.29, 0.717) is 10.5 Å². The highest BCUT2D eigenvalue weighted by molar-refractivity contribution is 8.08. The second-order valence-electron chi connectivity index (χ2n) is 8.46. The van der Waals surface area contributed by atoms with Gasteiger partial charge in [0.15, 0.2) is 0 Å². The highest BCUT2D eigenvalue weighted by Gasteiger charge is 2.17. The fraction of sp³-hybridized carbons (Fsp3) is 0.571. The monoisotopic (exact) mass is 458 g/mol. The standard InChI is InChI=1S/C28H42OS2/c1-3-5-7-9-17-23-27(25-19-13-11-14-20-25)30-29-31-28(24-18-10-8-6-4-2)26-21-15-12-16-22-26/h11-16,19-22,27-28H,3-10,17-18,23-24H2,1-2H3. The van der Waals surface area contributed by atoms with E-state index in [9.17, 15) is 0 Å². The second kappa shape index (κ2) is 17.6. The number of hydrogen-bond donors (Lipinski definition) is 0. The molecule has 172 valence electrons. The van der Waals surface area contributed by atoms with Crippen LogP contribution in [0.3, 0.4) is 0 Å². The predicted octanol–water partition coefficient (Wildman–Crippen LogP) is 10.5. The van der Waals surface area contributed by atoms with Crippen molar-refractivity contribution in [2.75, 3.05) is 0 Å². The van der Waals surface area contributed by atoms with E-state index in [4.69, 9.17) is 3.63 Å². The summed E-state index contributed by atoms with van der Waals surface area (Å²) in [5.41, 5.74) is 2.78. The zero-order valence-corrected chi connectivity index (χ0v) is 21.3. The van der Waals surface area contributed by atoms with Gasteiger partial charge in [-0.3, -0.25) is 0 Å². The summed E-state index contributed by atoms with van der Waals surface area (Å²) in [5, 5.41) is 0.826. The molecule has 0 spiro atoms. The maximum absolute atomic E-state index is 6.26. The number of rotatable bonds is 18. The zero-order chi connectivity index (χ0) is 22.0. The Morgan fingerprint density at radius 2 is 0.935 bits per heavy atom. The van der Waals surface area contributed by atoms with Crippen LogP contribution in [0, 0.1) is 0 Å². The zero-order valence-electron chi connectivity index (χ0n) is 19.6. The van der Waals surface area contributed by atoms with Crippen LogP contribution in [0.2, 0.25) is 0 Å². The van der Waals surface area contributed by atoms with E-state index in [-0.39, 0.29) is 0 Å². The van der Waals surface area contributed by atoms with Crippen LogP contribution in [0.25, 0.3) is 0 Å². The lowest BCUT2D eigenvalue weighted by Gasteiger charge is -2.19. The summed E-state index contributed by atoms with van der Waals surface area (Å²) in [6.45, 7) is 4.56. The predicted molar refractivity (Wildman–Crippen MR) is 141 cm³/mol. The molecule has 2 rings (SSSR count). The Balaban J connectivity index is 1.87. The van der Waals surface area contributed by atoms with E-state index in [1.54, 1.807) is 24.1 Å². The molecule has 0 saturated carbocycles. The lowest BCUT2D eigenvalue weighted by atomic mass is 10.0. The fourth-order valence-electron chi connectivity index (χ4n) is 3.86. The normalized spacial score (nSPS) is 13.2. The van der Waals surface area contributed by atoms with Crippen molar-refractivity contribution in [2.24, 2.45) is 0 Å². The first kappa shape index (κ1) is 26.4. The largest absolute Gasteiger partial charge is 0.246 e. The SMILES string of the molecule is CCCCCCCC(SOSC(CCCCCCC)c1ccccc1)c1ccccc1. The van der Waals surface area contributed by atoms with Gasteiger partial charge in [-0.2, -0.15) is 0 Å². The smallest absolute Gasteiger partial charge is 0.0573 e. The minimum atomic E-state index is 0.413. The molecule has 2 atom stereocenters. The van der Waals surface area contributed by atoms with Gasteiger partial charge in [0.2, 0.25) is 0 Å². The van der Waals surface area contributed by atoms with Crippen molar-refractivity contribution in [3.63, 3.8) is 0 Å². The molecule has 0 fully saturated rings. The summed E-state index contributed by atoms with van der Waals surface area (Å²) < 4.78 is 6.26. The minimum Gasteiger partial charge on any atom is -0.246 e. The Hall–Kier alpha value is -0.900. The molecular formula is C28H42OS2. The summed E-state index contributed by atoms with van der Waals surface area (Å²) in [5.74, 6) is 0. The summed E-state index contributed by atoms with van der Waals surface area (Å²) in [7, 11) is 0. The third kappa shape index (κ3) is 11.5. The molecule has 0 amide bonds. The van der Waals surface area contributed by atoms with Crippen molar-refractivity contribution >= 4 is 24.1 Å². The molecule has 0 aliphatic rings. The molecule has 0 heterocycles. The molecule has 0 N–H and O–H groups in total. The van der Waals surface area contributed by atoms with Gasteiger partial charge >= 0.3 is 0 Å². The van der Waals surface area contributed by atoms with E-state index in [1.807, 2.05) is 0 Å². The van der Waals surface area contributed by atoms with Crippen molar-refractivity contribution in [3.05, 3.63) is 71.8 Å². The number of hydrogen-bond acceptors (Lipinski definition) is 3. The van der Waals surface area contributed by atoms with Crippen molar-refractivity contribution in [1.29, 1.82) is 0 Å². The maximum Gasteiger partial charge on any atom is 0.0573 e. The van der Waals surface area contributed by atoms with Crippen LogP contribution in [0.4, 0.5) is 0 Å². The number of unbranched alkanes of at least 4 members (excludes halogenated alkanes) is 8. The molecule has 2 unspecified atom stereocenters. The van der Waals surface area contributed by atoms with Crippen LogP contribution in [0.1, 0.15) is 113 Å². The summed E-state index contributed by atoms with van der Waals surface area (Å²) in [6.07, 6.45) is 15.6. The molecule has 1 nitrogen and oxygen atoms in total. The van der Waals surface area contributed by atoms with Gasteiger partial charge in [-0.15, -0.1) is 0 Å². The first-order valence-corrected chi connectivity index (χ1v) is 14.0. The molecule has 0 bridgehead atoms. The van der Waals surface area contributed by atoms with Gasteiger partial charge in [0.05, 0.1) is 10.5 Å². The molecule has 3 heteroatoms. The van der Waals surface area contributed by atoms with Crippen LogP contribution in [0.5, 0.6) is 0 Å². The van der Waals surface area contributed by atoms with Crippen molar-refractivity contribution in [3.8, 4) is 0 Å². The molecule has 0 saturated heterocycles. The fourth-order valence-corrected chi connectivity index (χ4v) is 5.86. The Bertz CT molecular complexity index is 589. The lowest BCUT2D eigenvalue weighted by molar-refractivity contribution is 0.589. The third-order valence-corrected chi connectivity index (χ3v) is 7.90. The van der Waals surface area contributed by atoms with E-state index in [2.05, 4.69) is 74.5 Å². The summed E-state index contributed by atoms with van der Waals surface area (Å²) >= 11 is 3.34. The third-order valence-electron chi connectivity index (χ3n) is 5.79. The van der Waals surface area contributed by atoms with Crippen molar-refractivity contribution in [1.82, 2.24) is 0 Å². The second-order valence-corrected chi connectivity index (χ2v) is 10.5. The van der Waals surface area contributed by atoms with Crippen LogP contribution in [0.15, 0.2) is 60.7 Å². The minimum absolute atomic E-state index is 0.413.